The van der Waals surface area contributed by atoms with Crippen LogP contribution in [0.25, 0.3) is 0 Å². The minimum absolute atomic E-state index is 0.126. The number of hydrogen-bond acceptors (Lipinski definition) is 4. The molecule has 1 atom stereocenters. The van der Waals surface area contributed by atoms with E-state index < -0.39 is 24.6 Å². The number of nitrogens with one attached hydrogen (secondary N) is 1. The number of anilines is 2. The van der Waals surface area contributed by atoms with Crippen LogP contribution < -0.4 is 11.1 Å². The number of carbonyl (C=O) groups is 1. The number of esters is 1. The number of carbonyl (C=O) groups excluding carboxylic acids is 1. The zero-order valence-electron chi connectivity index (χ0n) is 11.3. The van der Waals surface area contributed by atoms with Crippen molar-refractivity contribution >= 4 is 17.3 Å². The standard InChI is InChI=1S/C13H17F3N2O2/c1-3-20-12(19)10-6-9(17)4-5-11(10)18-8(2)7-13(14,15)16/h4-6,8,18H,3,7,17H2,1-2H3. The van der Waals surface area contributed by atoms with E-state index in [0.29, 0.717) is 5.69 Å². The first-order valence-corrected chi connectivity index (χ1v) is 6.13. The van der Waals surface area contributed by atoms with Crippen LogP contribution in [0.2, 0.25) is 0 Å². The molecule has 0 saturated carbocycles. The molecule has 112 valence electrons. The Morgan fingerprint density at radius 3 is 2.65 bits per heavy atom. The van der Waals surface area contributed by atoms with Crippen molar-refractivity contribution in [3.05, 3.63) is 23.8 Å². The van der Waals surface area contributed by atoms with Crippen LogP contribution in [0, 0.1) is 0 Å². The molecule has 0 radical (unpaired) electrons. The molecule has 0 bridgehead atoms. The molecule has 1 aromatic carbocycles. The van der Waals surface area contributed by atoms with E-state index in [2.05, 4.69) is 5.32 Å². The van der Waals surface area contributed by atoms with E-state index in [1.807, 2.05) is 0 Å². The number of nitrogen functional groups attached to an aromatic ring is 1. The van der Waals surface area contributed by atoms with Gasteiger partial charge in [0.25, 0.3) is 0 Å². The Balaban J connectivity index is 2.91. The summed E-state index contributed by atoms with van der Waals surface area (Å²) in [6, 6.07) is 3.48. The second-order valence-corrected chi connectivity index (χ2v) is 4.39. The zero-order valence-corrected chi connectivity index (χ0v) is 11.3. The number of benzene rings is 1. The summed E-state index contributed by atoms with van der Waals surface area (Å²) in [7, 11) is 0. The van der Waals surface area contributed by atoms with E-state index in [4.69, 9.17) is 10.5 Å². The summed E-state index contributed by atoms with van der Waals surface area (Å²) < 4.78 is 41.8. The van der Waals surface area contributed by atoms with Gasteiger partial charge in [-0.15, -0.1) is 0 Å². The maximum absolute atomic E-state index is 12.3. The fourth-order valence-electron chi connectivity index (χ4n) is 1.73. The lowest BCUT2D eigenvalue weighted by Crippen LogP contribution is -2.25. The van der Waals surface area contributed by atoms with Crippen LogP contribution >= 0.6 is 0 Å². The Hall–Kier alpha value is -1.92. The second kappa shape index (κ2) is 6.49. The lowest BCUT2D eigenvalue weighted by Gasteiger charge is -2.19. The molecule has 20 heavy (non-hydrogen) atoms. The highest BCUT2D eigenvalue weighted by molar-refractivity contribution is 5.96. The predicted octanol–water partition coefficient (Wildman–Crippen LogP) is 3.20. The molecule has 0 aliphatic rings. The van der Waals surface area contributed by atoms with Gasteiger partial charge in [-0.1, -0.05) is 0 Å². The van der Waals surface area contributed by atoms with Gasteiger partial charge in [0.15, 0.2) is 0 Å². The van der Waals surface area contributed by atoms with E-state index in [0.717, 1.165) is 0 Å². The lowest BCUT2D eigenvalue weighted by atomic mass is 10.1. The van der Waals surface area contributed by atoms with Crippen LogP contribution in [0.5, 0.6) is 0 Å². The van der Waals surface area contributed by atoms with Gasteiger partial charge in [-0.05, 0) is 32.0 Å². The van der Waals surface area contributed by atoms with Crippen molar-refractivity contribution in [3.8, 4) is 0 Å². The maximum atomic E-state index is 12.3. The molecule has 0 aliphatic carbocycles. The van der Waals surface area contributed by atoms with Gasteiger partial charge in [0.1, 0.15) is 0 Å². The summed E-state index contributed by atoms with van der Waals surface area (Å²) in [5.41, 5.74) is 6.31. The Kier molecular flexibility index (Phi) is 5.24. The van der Waals surface area contributed by atoms with Crippen molar-refractivity contribution in [1.29, 1.82) is 0 Å². The molecule has 1 aromatic rings. The third-order valence-corrected chi connectivity index (χ3v) is 2.48. The minimum atomic E-state index is -4.27. The molecule has 0 saturated heterocycles. The van der Waals surface area contributed by atoms with Crippen LogP contribution in [0.15, 0.2) is 18.2 Å². The molecule has 0 spiro atoms. The molecule has 0 heterocycles. The van der Waals surface area contributed by atoms with Crippen molar-refractivity contribution < 1.29 is 22.7 Å². The Labute approximate surface area is 115 Å². The smallest absolute Gasteiger partial charge is 0.391 e. The largest absolute Gasteiger partial charge is 0.462 e. The van der Waals surface area contributed by atoms with E-state index in [1.54, 1.807) is 6.92 Å². The van der Waals surface area contributed by atoms with Crippen LogP contribution in [-0.2, 0) is 4.74 Å². The first-order chi connectivity index (χ1) is 9.23. The van der Waals surface area contributed by atoms with Crippen molar-refractivity contribution in [3.63, 3.8) is 0 Å². The monoisotopic (exact) mass is 290 g/mol. The second-order valence-electron chi connectivity index (χ2n) is 4.39. The topological polar surface area (TPSA) is 64.3 Å². The summed E-state index contributed by atoms with van der Waals surface area (Å²) in [6.07, 6.45) is -5.27. The summed E-state index contributed by atoms with van der Waals surface area (Å²) in [4.78, 5) is 11.7. The van der Waals surface area contributed by atoms with Gasteiger partial charge in [0.05, 0.1) is 18.6 Å². The van der Waals surface area contributed by atoms with E-state index in [1.165, 1.54) is 25.1 Å². The van der Waals surface area contributed by atoms with Crippen LogP contribution in [0.4, 0.5) is 24.5 Å². The first kappa shape index (κ1) is 16.1. The van der Waals surface area contributed by atoms with Gasteiger partial charge in [0.2, 0.25) is 0 Å². The summed E-state index contributed by atoms with van der Waals surface area (Å²) in [5, 5.41) is 2.66. The van der Waals surface area contributed by atoms with Crippen LogP contribution in [0.1, 0.15) is 30.6 Å². The zero-order chi connectivity index (χ0) is 15.3. The molecule has 0 amide bonds. The molecule has 0 fully saturated rings. The number of halogens is 3. The molecule has 1 unspecified atom stereocenters. The van der Waals surface area contributed by atoms with Crippen molar-refractivity contribution in [2.75, 3.05) is 17.7 Å². The Morgan fingerprint density at radius 1 is 1.45 bits per heavy atom. The molecule has 0 aromatic heterocycles. The summed E-state index contributed by atoms with van der Waals surface area (Å²) in [6.45, 7) is 3.20. The SMILES string of the molecule is CCOC(=O)c1cc(N)ccc1NC(C)CC(F)(F)F. The Bertz CT molecular complexity index is 475. The molecule has 4 nitrogen and oxygen atoms in total. The van der Waals surface area contributed by atoms with Gasteiger partial charge in [0, 0.05) is 17.4 Å². The highest BCUT2D eigenvalue weighted by Gasteiger charge is 2.30. The highest BCUT2D eigenvalue weighted by Crippen LogP contribution is 2.26. The van der Waals surface area contributed by atoms with Crippen molar-refractivity contribution in [2.24, 2.45) is 0 Å². The van der Waals surface area contributed by atoms with Gasteiger partial charge in [-0.2, -0.15) is 13.2 Å². The molecular formula is C13H17F3N2O2. The third kappa shape index (κ3) is 4.99. The molecule has 1 rings (SSSR count). The summed E-state index contributed by atoms with van der Waals surface area (Å²) in [5.74, 6) is -0.624. The number of nitrogens with two attached hydrogens (primary N) is 1. The van der Waals surface area contributed by atoms with E-state index in [-0.39, 0.29) is 17.9 Å². The highest BCUT2D eigenvalue weighted by atomic mass is 19.4. The predicted molar refractivity (Wildman–Crippen MR) is 70.6 cm³/mol. The van der Waals surface area contributed by atoms with Gasteiger partial charge in [-0.25, -0.2) is 4.79 Å². The first-order valence-electron chi connectivity index (χ1n) is 6.13. The number of hydrogen-bond donors (Lipinski definition) is 2. The fourth-order valence-corrected chi connectivity index (χ4v) is 1.73. The lowest BCUT2D eigenvalue weighted by molar-refractivity contribution is -0.136. The Morgan fingerprint density at radius 2 is 2.10 bits per heavy atom. The fraction of sp³-hybridized carbons (Fsp3) is 0.462. The maximum Gasteiger partial charge on any atom is 0.391 e. The minimum Gasteiger partial charge on any atom is -0.462 e. The average molecular weight is 290 g/mol. The van der Waals surface area contributed by atoms with Crippen LogP contribution in [-0.4, -0.2) is 24.8 Å². The molecule has 0 aliphatic heterocycles. The average Bonchev–Trinajstić information content (AvgIpc) is 2.29. The van der Waals surface area contributed by atoms with Gasteiger partial charge >= 0.3 is 12.1 Å². The third-order valence-electron chi connectivity index (χ3n) is 2.48. The quantitative estimate of drug-likeness (QED) is 0.645. The van der Waals surface area contributed by atoms with Crippen LogP contribution in [0.3, 0.4) is 0 Å². The van der Waals surface area contributed by atoms with Gasteiger partial charge < -0.3 is 15.8 Å². The normalized spacial score (nSPS) is 12.8. The van der Waals surface area contributed by atoms with Gasteiger partial charge in [-0.3, -0.25) is 0 Å². The number of alkyl halides is 3. The number of rotatable bonds is 5. The number of ether oxygens (including phenoxy) is 1. The summed E-state index contributed by atoms with van der Waals surface area (Å²) >= 11 is 0. The molecule has 7 heteroatoms. The van der Waals surface area contributed by atoms with Crippen molar-refractivity contribution in [2.45, 2.75) is 32.5 Å². The van der Waals surface area contributed by atoms with Crippen molar-refractivity contribution in [1.82, 2.24) is 0 Å². The van der Waals surface area contributed by atoms with E-state index in [9.17, 15) is 18.0 Å². The molecular weight excluding hydrogens is 273 g/mol. The molecule has 3 N–H and O–H groups in total. The van der Waals surface area contributed by atoms with E-state index >= 15 is 0 Å².